The van der Waals surface area contributed by atoms with Crippen LogP contribution in [0.4, 0.5) is 0 Å². The molecular formula is C19H18N2O2. The second-order valence-electron chi connectivity index (χ2n) is 6.25. The molecule has 2 atom stereocenters. The number of carbonyl (C=O) groups is 2. The van der Waals surface area contributed by atoms with Crippen LogP contribution in [0.15, 0.2) is 54.6 Å². The minimum atomic E-state index is -0.410. The Balaban J connectivity index is 1.84. The predicted molar refractivity (Wildman–Crippen MR) is 86.8 cm³/mol. The van der Waals surface area contributed by atoms with E-state index in [1.807, 2.05) is 30.3 Å². The van der Waals surface area contributed by atoms with E-state index in [-0.39, 0.29) is 17.9 Å². The number of nitrogens with zero attached hydrogens (tertiary/aromatic N) is 2. The van der Waals surface area contributed by atoms with Crippen LogP contribution in [-0.4, -0.2) is 41.8 Å². The minimum absolute atomic E-state index is 0.0404. The van der Waals surface area contributed by atoms with Crippen molar-refractivity contribution in [3.8, 4) is 0 Å². The summed E-state index contributed by atoms with van der Waals surface area (Å²) in [5, 5.41) is 0. The van der Waals surface area contributed by atoms with Gasteiger partial charge in [-0.15, -0.1) is 0 Å². The molecule has 0 radical (unpaired) electrons. The molecule has 23 heavy (non-hydrogen) atoms. The van der Waals surface area contributed by atoms with Gasteiger partial charge in [-0.1, -0.05) is 54.6 Å². The summed E-state index contributed by atoms with van der Waals surface area (Å²) >= 11 is 0. The van der Waals surface area contributed by atoms with Crippen molar-refractivity contribution >= 4 is 11.8 Å². The molecular weight excluding hydrogens is 288 g/mol. The first-order valence-corrected chi connectivity index (χ1v) is 7.86. The van der Waals surface area contributed by atoms with Crippen LogP contribution in [0.2, 0.25) is 0 Å². The van der Waals surface area contributed by atoms with Gasteiger partial charge in [0.2, 0.25) is 0 Å². The number of likely N-dealkylation sites (N-methyl/N-ethyl adjacent to an activating group) is 1. The maximum Gasteiger partial charge on any atom is 0.312 e. The lowest BCUT2D eigenvalue weighted by Crippen LogP contribution is -2.57. The number of rotatable bonds is 1. The number of fused-ring (bicyclic) bond motifs is 3. The molecule has 0 aliphatic carbocycles. The second kappa shape index (κ2) is 5.23. The van der Waals surface area contributed by atoms with Gasteiger partial charge in [0.05, 0.1) is 6.04 Å². The Kier molecular flexibility index (Phi) is 3.18. The maximum atomic E-state index is 12.5. The van der Waals surface area contributed by atoms with E-state index in [1.54, 1.807) is 11.9 Å². The first-order chi connectivity index (χ1) is 11.2. The number of benzene rings is 2. The van der Waals surface area contributed by atoms with Gasteiger partial charge in [0.25, 0.3) is 0 Å². The zero-order valence-corrected chi connectivity index (χ0v) is 13.0. The molecule has 2 aliphatic rings. The van der Waals surface area contributed by atoms with E-state index in [0.29, 0.717) is 13.1 Å². The van der Waals surface area contributed by atoms with E-state index in [2.05, 4.69) is 24.3 Å². The van der Waals surface area contributed by atoms with Gasteiger partial charge in [0.1, 0.15) is 0 Å². The quantitative estimate of drug-likeness (QED) is 0.758. The summed E-state index contributed by atoms with van der Waals surface area (Å²) in [4.78, 5) is 27.8. The molecule has 2 heterocycles. The topological polar surface area (TPSA) is 40.6 Å². The Hall–Kier alpha value is -2.62. The molecule has 0 saturated carbocycles. The molecule has 0 N–H and O–H groups in total. The van der Waals surface area contributed by atoms with Gasteiger partial charge in [-0.3, -0.25) is 9.59 Å². The Bertz CT molecular complexity index is 772. The van der Waals surface area contributed by atoms with E-state index in [4.69, 9.17) is 0 Å². The highest BCUT2D eigenvalue weighted by molar-refractivity contribution is 6.35. The fourth-order valence-electron chi connectivity index (χ4n) is 3.74. The largest absolute Gasteiger partial charge is 0.335 e. The SMILES string of the molecule is CN1C[C@H]2c3ccccc3[C@@H](c3ccccc3)CN2C(=O)C1=O. The minimum Gasteiger partial charge on any atom is -0.335 e. The highest BCUT2D eigenvalue weighted by atomic mass is 16.2. The standard InChI is InChI=1S/C19H18N2O2/c1-20-12-17-15-10-6-5-9-14(15)16(13-7-3-2-4-8-13)11-21(17)19(23)18(20)22/h2-10,16-17H,11-12H2,1H3/t16-,17+/m1/s1. The molecule has 4 nitrogen and oxygen atoms in total. The zero-order valence-electron chi connectivity index (χ0n) is 13.0. The van der Waals surface area contributed by atoms with Crippen LogP contribution in [0.3, 0.4) is 0 Å². The van der Waals surface area contributed by atoms with Crippen molar-refractivity contribution in [2.45, 2.75) is 12.0 Å². The number of hydrogen-bond donors (Lipinski definition) is 0. The molecule has 0 aromatic heterocycles. The summed E-state index contributed by atoms with van der Waals surface area (Å²) < 4.78 is 0. The Morgan fingerprint density at radius 1 is 0.826 bits per heavy atom. The first kappa shape index (κ1) is 14.0. The highest BCUT2D eigenvalue weighted by Gasteiger charge is 2.43. The van der Waals surface area contributed by atoms with E-state index >= 15 is 0 Å². The molecule has 2 aromatic carbocycles. The van der Waals surface area contributed by atoms with Gasteiger partial charge >= 0.3 is 11.8 Å². The van der Waals surface area contributed by atoms with E-state index in [0.717, 1.165) is 5.56 Å². The molecule has 4 heteroatoms. The van der Waals surface area contributed by atoms with Crippen molar-refractivity contribution in [1.29, 1.82) is 0 Å². The summed E-state index contributed by atoms with van der Waals surface area (Å²) in [6.07, 6.45) is 0. The van der Waals surface area contributed by atoms with Crippen molar-refractivity contribution < 1.29 is 9.59 Å². The van der Waals surface area contributed by atoms with Gasteiger partial charge in [-0.05, 0) is 16.7 Å². The van der Waals surface area contributed by atoms with Crippen molar-refractivity contribution in [2.24, 2.45) is 0 Å². The molecule has 2 amide bonds. The van der Waals surface area contributed by atoms with Crippen molar-refractivity contribution in [2.75, 3.05) is 20.1 Å². The van der Waals surface area contributed by atoms with Gasteiger partial charge in [0, 0.05) is 26.1 Å². The summed E-state index contributed by atoms with van der Waals surface area (Å²) in [5.74, 6) is -0.685. The van der Waals surface area contributed by atoms with E-state index in [1.165, 1.54) is 16.0 Å². The molecule has 2 aliphatic heterocycles. The fourth-order valence-corrected chi connectivity index (χ4v) is 3.74. The third-order valence-corrected chi connectivity index (χ3v) is 4.93. The van der Waals surface area contributed by atoms with Crippen molar-refractivity contribution in [3.63, 3.8) is 0 Å². The predicted octanol–water partition coefficient (Wildman–Crippen LogP) is 2.17. The molecule has 1 fully saturated rings. The Morgan fingerprint density at radius 3 is 2.22 bits per heavy atom. The van der Waals surface area contributed by atoms with Crippen LogP contribution < -0.4 is 0 Å². The second-order valence-corrected chi connectivity index (χ2v) is 6.25. The maximum absolute atomic E-state index is 12.5. The lowest BCUT2D eigenvalue weighted by molar-refractivity contribution is -0.158. The van der Waals surface area contributed by atoms with E-state index in [9.17, 15) is 9.59 Å². The van der Waals surface area contributed by atoms with Gasteiger partial charge in [-0.25, -0.2) is 0 Å². The Labute approximate surface area is 135 Å². The summed E-state index contributed by atoms with van der Waals surface area (Å²) in [5.41, 5.74) is 3.59. The van der Waals surface area contributed by atoms with Gasteiger partial charge in [0.15, 0.2) is 0 Å². The number of carbonyl (C=O) groups excluding carboxylic acids is 2. The fraction of sp³-hybridized carbons (Fsp3) is 0.263. The average Bonchev–Trinajstić information content (AvgIpc) is 2.60. The van der Waals surface area contributed by atoms with Crippen LogP contribution in [0.5, 0.6) is 0 Å². The zero-order chi connectivity index (χ0) is 16.0. The molecule has 0 unspecified atom stereocenters. The van der Waals surface area contributed by atoms with Gasteiger partial charge in [-0.2, -0.15) is 0 Å². The summed E-state index contributed by atoms with van der Waals surface area (Å²) in [7, 11) is 1.70. The van der Waals surface area contributed by atoms with Crippen LogP contribution in [0, 0.1) is 0 Å². The lowest BCUT2D eigenvalue weighted by Gasteiger charge is -2.45. The summed E-state index contributed by atoms with van der Waals surface area (Å²) in [6.45, 7) is 1.12. The average molecular weight is 306 g/mol. The smallest absolute Gasteiger partial charge is 0.312 e. The lowest BCUT2D eigenvalue weighted by atomic mass is 9.80. The first-order valence-electron chi connectivity index (χ1n) is 7.86. The molecule has 2 aromatic rings. The normalized spacial score (nSPS) is 23.5. The van der Waals surface area contributed by atoms with E-state index < -0.39 is 5.91 Å². The van der Waals surface area contributed by atoms with Gasteiger partial charge < -0.3 is 9.80 Å². The molecule has 4 rings (SSSR count). The molecule has 116 valence electrons. The van der Waals surface area contributed by atoms with Crippen molar-refractivity contribution in [3.05, 3.63) is 71.3 Å². The highest BCUT2D eigenvalue weighted by Crippen LogP contribution is 2.41. The molecule has 0 bridgehead atoms. The Morgan fingerprint density at radius 2 is 1.48 bits per heavy atom. The summed E-state index contributed by atoms with van der Waals surface area (Å²) in [6, 6.07) is 18.4. The van der Waals surface area contributed by atoms with Crippen molar-refractivity contribution in [1.82, 2.24) is 9.80 Å². The number of hydrogen-bond acceptors (Lipinski definition) is 2. The van der Waals surface area contributed by atoms with Crippen LogP contribution in [0.25, 0.3) is 0 Å². The molecule has 0 spiro atoms. The van der Waals surface area contributed by atoms with Crippen LogP contribution >= 0.6 is 0 Å². The monoisotopic (exact) mass is 306 g/mol. The van der Waals surface area contributed by atoms with Crippen LogP contribution in [0.1, 0.15) is 28.7 Å². The number of amides is 2. The third kappa shape index (κ3) is 2.13. The number of piperazine rings is 1. The molecule has 1 saturated heterocycles. The third-order valence-electron chi connectivity index (χ3n) is 4.93. The van der Waals surface area contributed by atoms with Crippen LogP contribution in [-0.2, 0) is 9.59 Å².